The predicted octanol–water partition coefficient (Wildman–Crippen LogP) is 2.02. The van der Waals surface area contributed by atoms with Crippen molar-refractivity contribution in [2.45, 2.75) is 23.6 Å². The molecule has 2 N–H and O–H groups in total. The van der Waals surface area contributed by atoms with Gasteiger partial charge in [-0.1, -0.05) is 0 Å². The van der Waals surface area contributed by atoms with Gasteiger partial charge in [0.05, 0.1) is 29.9 Å². The fraction of sp³-hybridized carbons (Fsp3) is 0.222. The van der Waals surface area contributed by atoms with E-state index in [1.165, 1.54) is 38.5 Å². The molecule has 3 rings (SSSR count). The van der Waals surface area contributed by atoms with Gasteiger partial charge in [0.1, 0.15) is 5.82 Å². The van der Waals surface area contributed by atoms with Gasteiger partial charge in [0.15, 0.2) is 5.82 Å². The van der Waals surface area contributed by atoms with Crippen molar-refractivity contribution >= 4 is 27.4 Å². The third-order valence-electron chi connectivity index (χ3n) is 3.84. The van der Waals surface area contributed by atoms with E-state index in [0.717, 1.165) is 5.69 Å². The zero-order chi connectivity index (χ0) is 21.0. The van der Waals surface area contributed by atoms with Gasteiger partial charge in [-0.3, -0.25) is 5.10 Å². The van der Waals surface area contributed by atoms with Crippen LogP contribution in [0.25, 0.3) is 0 Å². The molecule has 0 saturated carbocycles. The second kappa shape index (κ2) is 8.37. The average Bonchev–Trinajstić information content (AvgIpc) is 3.12. The summed E-state index contributed by atoms with van der Waals surface area (Å²) in [5.41, 5.74) is 1.44. The monoisotopic (exact) mass is 417 g/mol. The van der Waals surface area contributed by atoms with Crippen LogP contribution in [0.3, 0.4) is 0 Å². The van der Waals surface area contributed by atoms with E-state index in [4.69, 9.17) is 4.74 Å². The first-order valence-electron chi connectivity index (χ1n) is 8.43. The molecule has 3 aromatic rings. The maximum absolute atomic E-state index is 13.0. The Labute approximate surface area is 167 Å². The average molecular weight is 417 g/mol. The number of aromatic nitrogens is 4. The SMILES string of the molecule is COCc1cc(Nc2cc(C)[nH]n2)nc(S(=O)(=O)c2ccc(C(=O)OC)cc2)n1. The molecule has 0 radical (unpaired) electrons. The van der Waals surface area contributed by atoms with Gasteiger partial charge in [-0.05, 0) is 31.2 Å². The number of aromatic amines is 1. The number of sulfone groups is 1. The number of methoxy groups -OCH3 is 2. The molecule has 0 aliphatic rings. The van der Waals surface area contributed by atoms with E-state index in [9.17, 15) is 13.2 Å². The zero-order valence-corrected chi connectivity index (χ0v) is 16.8. The largest absolute Gasteiger partial charge is 0.465 e. The molecule has 2 heterocycles. The molecule has 0 aliphatic carbocycles. The Morgan fingerprint density at radius 1 is 1.10 bits per heavy atom. The van der Waals surface area contributed by atoms with Crippen LogP contribution in [0.5, 0.6) is 0 Å². The third-order valence-corrected chi connectivity index (χ3v) is 5.40. The standard InChI is InChI=1S/C18H19N5O5S/c1-11-8-16(23-22-11)20-15-9-13(10-27-2)19-18(21-15)29(25,26)14-6-4-12(5-7-14)17(24)28-3/h4-9H,10H2,1-3H3,(H2,19,20,21,22,23). The molecule has 0 fully saturated rings. The van der Waals surface area contributed by atoms with Gasteiger partial charge in [-0.15, -0.1) is 0 Å². The number of hydrogen-bond donors (Lipinski definition) is 2. The third kappa shape index (κ3) is 4.58. The molecule has 10 nitrogen and oxygen atoms in total. The van der Waals surface area contributed by atoms with Gasteiger partial charge in [0.25, 0.3) is 5.16 Å². The number of nitrogens with one attached hydrogen (secondary N) is 2. The second-order valence-corrected chi connectivity index (χ2v) is 7.88. The van der Waals surface area contributed by atoms with Crippen molar-refractivity contribution < 1.29 is 22.7 Å². The lowest BCUT2D eigenvalue weighted by atomic mass is 10.2. The molecule has 0 atom stereocenters. The van der Waals surface area contributed by atoms with E-state index < -0.39 is 21.0 Å². The van der Waals surface area contributed by atoms with Crippen LogP contribution >= 0.6 is 0 Å². The first-order valence-corrected chi connectivity index (χ1v) is 9.91. The lowest BCUT2D eigenvalue weighted by molar-refractivity contribution is 0.0600. The van der Waals surface area contributed by atoms with Crippen molar-refractivity contribution in [3.8, 4) is 0 Å². The maximum Gasteiger partial charge on any atom is 0.337 e. The molecule has 0 bridgehead atoms. The van der Waals surface area contributed by atoms with E-state index in [2.05, 4.69) is 30.2 Å². The summed E-state index contributed by atoms with van der Waals surface area (Å²) in [6, 6.07) is 8.66. The van der Waals surface area contributed by atoms with Crippen LogP contribution in [0.1, 0.15) is 21.7 Å². The summed E-state index contributed by atoms with van der Waals surface area (Å²) in [5, 5.41) is 9.38. The van der Waals surface area contributed by atoms with Gasteiger partial charge in [0.2, 0.25) is 9.84 Å². The number of nitrogens with zero attached hydrogens (tertiary/aromatic N) is 3. The molecule has 0 unspecified atom stereocenters. The minimum absolute atomic E-state index is 0.0544. The Bertz CT molecular complexity index is 1130. The first kappa shape index (κ1) is 20.4. The lowest BCUT2D eigenvalue weighted by Gasteiger charge is -2.09. The van der Waals surface area contributed by atoms with E-state index in [1.807, 2.05) is 6.92 Å². The summed E-state index contributed by atoms with van der Waals surface area (Å²) in [7, 11) is -1.31. The van der Waals surface area contributed by atoms with Crippen molar-refractivity contribution in [3.05, 3.63) is 53.3 Å². The second-order valence-electron chi connectivity index (χ2n) is 6.04. The van der Waals surface area contributed by atoms with Crippen LogP contribution < -0.4 is 5.32 Å². The molecular weight excluding hydrogens is 398 g/mol. The van der Waals surface area contributed by atoms with Crippen LogP contribution in [-0.2, 0) is 25.9 Å². The predicted molar refractivity (Wildman–Crippen MR) is 103 cm³/mol. The normalized spacial score (nSPS) is 11.3. The highest BCUT2D eigenvalue weighted by atomic mass is 32.2. The number of anilines is 2. The van der Waals surface area contributed by atoms with E-state index >= 15 is 0 Å². The number of carbonyl (C=O) groups excluding carboxylic acids is 1. The lowest BCUT2D eigenvalue weighted by Crippen LogP contribution is -2.11. The Kier molecular flexibility index (Phi) is 5.89. The Balaban J connectivity index is 1.99. The van der Waals surface area contributed by atoms with E-state index in [0.29, 0.717) is 11.5 Å². The molecule has 2 aromatic heterocycles. The molecule has 11 heteroatoms. The Hall–Kier alpha value is -3.31. The summed E-state index contributed by atoms with van der Waals surface area (Å²) in [4.78, 5) is 19.7. The summed E-state index contributed by atoms with van der Waals surface area (Å²) < 4.78 is 35.7. The summed E-state index contributed by atoms with van der Waals surface area (Å²) in [5.74, 6) is 0.173. The Morgan fingerprint density at radius 2 is 1.83 bits per heavy atom. The molecule has 152 valence electrons. The van der Waals surface area contributed by atoms with Gasteiger partial charge in [0, 0.05) is 24.9 Å². The minimum Gasteiger partial charge on any atom is -0.465 e. The first-order chi connectivity index (χ1) is 13.8. The number of esters is 1. The quantitative estimate of drug-likeness (QED) is 0.437. The summed E-state index contributed by atoms with van der Waals surface area (Å²) in [6.45, 7) is 1.93. The van der Waals surface area contributed by atoms with Crippen molar-refractivity contribution in [3.63, 3.8) is 0 Å². The highest BCUT2D eigenvalue weighted by Gasteiger charge is 2.23. The number of carbonyl (C=O) groups is 1. The number of H-pyrrole nitrogens is 1. The van der Waals surface area contributed by atoms with Gasteiger partial charge in [-0.25, -0.2) is 23.2 Å². The highest BCUT2D eigenvalue weighted by molar-refractivity contribution is 7.91. The fourth-order valence-electron chi connectivity index (χ4n) is 2.49. The van der Waals surface area contributed by atoms with Crippen LogP contribution in [0.15, 0.2) is 46.5 Å². The topological polar surface area (TPSA) is 136 Å². The van der Waals surface area contributed by atoms with Gasteiger partial charge in [-0.2, -0.15) is 5.10 Å². The van der Waals surface area contributed by atoms with Crippen LogP contribution in [0.2, 0.25) is 0 Å². The van der Waals surface area contributed by atoms with Crippen molar-refractivity contribution in [2.24, 2.45) is 0 Å². The molecule has 0 spiro atoms. The number of benzene rings is 1. The van der Waals surface area contributed by atoms with Crippen molar-refractivity contribution in [1.82, 2.24) is 20.2 Å². The smallest absolute Gasteiger partial charge is 0.337 e. The fourth-order valence-corrected chi connectivity index (χ4v) is 3.65. The highest BCUT2D eigenvalue weighted by Crippen LogP contribution is 2.22. The van der Waals surface area contributed by atoms with Gasteiger partial charge >= 0.3 is 5.97 Å². The molecule has 1 aromatic carbocycles. The molecule has 0 aliphatic heterocycles. The van der Waals surface area contributed by atoms with E-state index in [-0.39, 0.29) is 22.9 Å². The number of aryl methyl sites for hydroxylation is 1. The summed E-state index contributed by atoms with van der Waals surface area (Å²) in [6.07, 6.45) is 0. The zero-order valence-electron chi connectivity index (χ0n) is 16.0. The number of rotatable bonds is 7. The maximum atomic E-state index is 13.0. The van der Waals surface area contributed by atoms with Crippen molar-refractivity contribution in [1.29, 1.82) is 0 Å². The van der Waals surface area contributed by atoms with Crippen LogP contribution in [0, 0.1) is 6.92 Å². The molecule has 0 saturated heterocycles. The summed E-state index contributed by atoms with van der Waals surface area (Å²) >= 11 is 0. The van der Waals surface area contributed by atoms with Crippen molar-refractivity contribution in [2.75, 3.05) is 19.5 Å². The molecule has 29 heavy (non-hydrogen) atoms. The van der Waals surface area contributed by atoms with Crippen LogP contribution in [0.4, 0.5) is 11.6 Å². The van der Waals surface area contributed by atoms with Gasteiger partial charge < -0.3 is 14.8 Å². The van der Waals surface area contributed by atoms with E-state index in [1.54, 1.807) is 12.1 Å². The number of ether oxygens (including phenoxy) is 2. The number of hydrogen-bond acceptors (Lipinski definition) is 9. The molecular formula is C18H19N5O5S. The van der Waals surface area contributed by atoms with Crippen LogP contribution in [-0.4, -0.2) is 48.8 Å². The Morgan fingerprint density at radius 3 is 2.41 bits per heavy atom. The molecule has 0 amide bonds. The minimum atomic E-state index is -4.04.